The number of nitrogen functional groups attached to an aromatic ring is 1. The van der Waals surface area contributed by atoms with E-state index < -0.39 is 0 Å². The lowest BCUT2D eigenvalue weighted by Gasteiger charge is -2.11. The van der Waals surface area contributed by atoms with E-state index in [1.807, 2.05) is 12.1 Å². The van der Waals surface area contributed by atoms with Gasteiger partial charge in [-0.2, -0.15) is 0 Å². The number of thiophene rings is 1. The summed E-state index contributed by atoms with van der Waals surface area (Å²) >= 11 is 7.86. The first-order valence-corrected chi connectivity index (χ1v) is 11.5. The lowest BCUT2D eigenvalue weighted by Crippen LogP contribution is -1.98. The fourth-order valence-electron chi connectivity index (χ4n) is 3.17. The first-order valence-electron chi connectivity index (χ1n) is 10.3. The van der Waals surface area contributed by atoms with Crippen LogP contribution in [0.4, 0.5) is 21.7 Å². The van der Waals surface area contributed by atoms with Crippen LogP contribution >= 0.6 is 22.9 Å². The maximum absolute atomic E-state index is 13.4. The van der Waals surface area contributed by atoms with Gasteiger partial charge < -0.3 is 15.8 Å². The smallest absolute Gasteiger partial charge is 0.142 e. The minimum absolute atomic E-state index is 0.206. The molecule has 10 heteroatoms. The fourth-order valence-corrected chi connectivity index (χ4v) is 4.25. The second-order valence-corrected chi connectivity index (χ2v) is 8.75. The Morgan fingerprint density at radius 3 is 2.74 bits per heavy atom. The highest BCUT2D eigenvalue weighted by Gasteiger charge is 2.10. The predicted molar refractivity (Wildman–Crippen MR) is 135 cm³/mol. The highest BCUT2D eigenvalue weighted by Crippen LogP contribution is 2.33. The average molecular weight is 503 g/mol. The SMILES string of the molecule is Nc1cnc(C#Cc2cc3c(Nc4ccc(OCc5cccc(F)c5)c(Cl)c4)ncnc3s2)cn1. The molecule has 0 atom stereocenters. The summed E-state index contributed by atoms with van der Waals surface area (Å²) < 4.78 is 19.1. The van der Waals surface area contributed by atoms with Gasteiger partial charge in [0.25, 0.3) is 0 Å². The van der Waals surface area contributed by atoms with Crippen LogP contribution in [0.2, 0.25) is 5.02 Å². The molecule has 0 saturated heterocycles. The second kappa shape index (κ2) is 9.93. The maximum atomic E-state index is 13.4. The van der Waals surface area contributed by atoms with Gasteiger partial charge >= 0.3 is 0 Å². The number of hydrogen-bond acceptors (Lipinski definition) is 8. The summed E-state index contributed by atoms with van der Waals surface area (Å²) in [6, 6.07) is 13.5. The van der Waals surface area contributed by atoms with E-state index in [1.54, 1.807) is 24.3 Å². The molecule has 5 rings (SSSR count). The molecule has 2 aromatic carbocycles. The molecule has 35 heavy (non-hydrogen) atoms. The Hall–Kier alpha value is -4.26. The van der Waals surface area contributed by atoms with Gasteiger partial charge in [-0.15, -0.1) is 11.3 Å². The molecule has 0 unspecified atom stereocenters. The molecule has 0 saturated carbocycles. The molecule has 3 N–H and O–H groups in total. The third-order valence-corrected chi connectivity index (χ3v) is 6.05. The number of aromatic nitrogens is 4. The van der Waals surface area contributed by atoms with Gasteiger partial charge in [0, 0.05) is 5.69 Å². The number of nitrogens with two attached hydrogens (primary N) is 1. The van der Waals surface area contributed by atoms with Gasteiger partial charge in [0.15, 0.2) is 0 Å². The van der Waals surface area contributed by atoms with E-state index in [1.165, 1.54) is 42.2 Å². The maximum Gasteiger partial charge on any atom is 0.142 e. The van der Waals surface area contributed by atoms with Gasteiger partial charge in [0.2, 0.25) is 0 Å². The molecular weight excluding hydrogens is 487 g/mol. The first-order chi connectivity index (χ1) is 17.0. The molecule has 0 aliphatic heterocycles. The summed E-state index contributed by atoms with van der Waals surface area (Å²) in [5.41, 5.74) is 7.52. The molecule has 0 aliphatic rings. The topological polar surface area (TPSA) is 98.8 Å². The Morgan fingerprint density at radius 2 is 1.94 bits per heavy atom. The van der Waals surface area contributed by atoms with E-state index in [2.05, 4.69) is 37.1 Å². The van der Waals surface area contributed by atoms with Gasteiger partial charge in [0.05, 0.1) is 27.7 Å². The van der Waals surface area contributed by atoms with E-state index in [-0.39, 0.29) is 12.4 Å². The quantitative estimate of drug-likeness (QED) is 0.303. The van der Waals surface area contributed by atoms with Crippen LogP contribution in [0.1, 0.15) is 16.1 Å². The van der Waals surface area contributed by atoms with Crippen LogP contribution in [0.15, 0.2) is 67.3 Å². The zero-order chi connectivity index (χ0) is 24.2. The lowest BCUT2D eigenvalue weighted by atomic mass is 10.2. The van der Waals surface area contributed by atoms with Crippen molar-refractivity contribution in [3.63, 3.8) is 0 Å². The van der Waals surface area contributed by atoms with Gasteiger partial charge in [-0.25, -0.2) is 24.3 Å². The third-order valence-electron chi connectivity index (χ3n) is 4.79. The molecule has 0 fully saturated rings. The van der Waals surface area contributed by atoms with Crippen molar-refractivity contribution in [2.45, 2.75) is 6.61 Å². The zero-order valence-electron chi connectivity index (χ0n) is 18.0. The van der Waals surface area contributed by atoms with E-state index in [9.17, 15) is 4.39 Å². The van der Waals surface area contributed by atoms with E-state index >= 15 is 0 Å². The van der Waals surface area contributed by atoms with E-state index in [0.717, 1.165) is 20.8 Å². The number of nitrogens with one attached hydrogen (secondary N) is 1. The van der Waals surface area contributed by atoms with Crippen LogP contribution in [0.3, 0.4) is 0 Å². The monoisotopic (exact) mass is 502 g/mol. The number of fused-ring (bicyclic) bond motifs is 1. The molecule has 0 radical (unpaired) electrons. The Balaban J connectivity index is 1.33. The van der Waals surface area contributed by atoms with Gasteiger partial charge in [-0.1, -0.05) is 23.7 Å². The number of anilines is 3. The van der Waals surface area contributed by atoms with Crippen molar-refractivity contribution >= 4 is 50.5 Å². The molecule has 0 aliphatic carbocycles. The summed E-state index contributed by atoms with van der Waals surface area (Å²) in [5, 5.41) is 4.51. The van der Waals surface area contributed by atoms with Gasteiger partial charge in [-0.3, -0.25) is 0 Å². The molecule has 3 aromatic heterocycles. The summed E-state index contributed by atoms with van der Waals surface area (Å²) in [4.78, 5) is 18.4. The number of benzene rings is 2. The Labute approximate surface area is 208 Å². The van der Waals surface area contributed by atoms with Crippen LogP contribution in [0.25, 0.3) is 10.2 Å². The van der Waals surface area contributed by atoms with Crippen LogP contribution in [0.5, 0.6) is 5.75 Å². The molecule has 5 aromatic rings. The Morgan fingerprint density at radius 1 is 1.03 bits per heavy atom. The van der Waals surface area contributed by atoms with Crippen LogP contribution in [-0.2, 0) is 6.61 Å². The number of hydrogen-bond donors (Lipinski definition) is 2. The lowest BCUT2D eigenvalue weighted by molar-refractivity contribution is 0.306. The third kappa shape index (κ3) is 5.46. The van der Waals surface area contributed by atoms with E-state index in [4.69, 9.17) is 22.1 Å². The second-order valence-electron chi connectivity index (χ2n) is 7.32. The van der Waals surface area contributed by atoms with Crippen LogP contribution < -0.4 is 15.8 Å². The first kappa shape index (κ1) is 22.5. The van der Waals surface area contributed by atoms with Crippen LogP contribution in [-0.4, -0.2) is 19.9 Å². The molecule has 0 bridgehead atoms. The standard InChI is InChI=1S/C25H16ClFN6OS/c26-21-9-17(5-7-22(21)34-13-15-2-1-3-16(27)8-15)33-24-20-10-19(35-25(20)32-14-31-24)6-4-18-11-30-23(28)12-29-18/h1-3,5,7-12,14H,13H2,(H2,28,30)(H,31,32,33). The summed E-state index contributed by atoms with van der Waals surface area (Å²) in [5.74, 6) is 7.19. The summed E-state index contributed by atoms with van der Waals surface area (Å²) in [7, 11) is 0. The summed E-state index contributed by atoms with van der Waals surface area (Å²) in [6.45, 7) is 0.206. The van der Waals surface area contributed by atoms with Crippen molar-refractivity contribution in [2.75, 3.05) is 11.1 Å². The van der Waals surface area contributed by atoms with Crippen molar-refractivity contribution in [1.29, 1.82) is 0 Å². The van der Waals surface area contributed by atoms with Gasteiger partial charge in [-0.05, 0) is 53.8 Å². The molecule has 0 spiro atoms. The molecule has 0 amide bonds. The fraction of sp³-hybridized carbons (Fsp3) is 0.0400. The molecule has 7 nitrogen and oxygen atoms in total. The molecular formula is C25H16ClFN6OS. The molecule has 3 heterocycles. The van der Waals surface area contributed by atoms with Crippen molar-refractivity contribution in [3.05, 3.63) is 94.2 Å². The zero-order valence-corrected chi connectivity index (χ0v) is 19.6. The Bertz CT molecular complexity index is 1580. The highest BCUT2D eigenvalue weighted by molar-refractivity contribution is 7.19. The number of ether oxygens (including phenoxy) is 1. The van der Waals surface area contributed by atoms with Crippen LogP contribution in [0, 0.1) is 17.7 Å². The minimum Gasteiger partial charge on any atom is -0.487 e. The van der Waals surface area contributed by atoms with Crippen molar-refractivity contribution < 1.29 is 9.13 Å². The highest BCUT2D eigenvalue weighted by atomic mass is 35.5. The van der Waals surface area contributed by atoms with Crippen molar-refractivity contribution in [1.82, 2.24) is 19.9 Å². The normalized spacial score (nSPS) is 10.6. The summed E-state index contributed by atoms with van der Waals surface area (Å²) in [6.07, 6.45) is 4.48. The number of halogens is 2. The average Bonchev–Trinajstić information content (AvgIpc) is 3.28. The van der Waals surface area contributed by atoms with Gasteiger partial charge in [0.1, 0.15) is 46.7 Å². The molecule has 172 valence electrons. The Kier molecular flexibility index (Phi) is 6.39. The van der Waals surface area contributed by atoms with Crippen molar-refractivity contribution in [2.24, 2.45) is 0 Å². The number of nitrogens with zero attached hydrogens (tertiary/aromatic N) is 4. The van der Waals surface area contributed by atoms with E-state index in [0.29, 0.717) is 33.7 Å². The number of rotatable bonds is 5. The predicted octanol–water partition coefficient (Wildman–Crippen LogP) is 5.58. The minimum atomic E-state index is -0.311. The van der Waals surface area contributed by atoms with Crippen molar-refractivity contribution in [3.8, 4) is 17.6 Å². The largest absolute Gasteiger partial charge is 0.487 e.